The molecule has 1 aliphatic heterocycles. The maximum atomic E-state index is 13.2. The third-order valence-electron chi connectivity index (χ3n) is 4.76. The van der Waals surface area contributed by atoms with Crippen molar-refractivity contribution in [3.05, 3.63) is 78.4 Å². The third kappa shape index (κ3) is 4.06. The molecule has 1 atom stereocenters. The molecule has 1 saturated heterocycles. The Hall–Kier alpha value is -2.99. The number of aromatic nitrogens is 3. The Morgan fingerprint density at radius 1 is 1.15 bits per heavy atom. The first-order valence-corrected chi connectivity index (χ1v) is 9.20. The maximum Gasteiger partial charge on any atom is 0.256 e. The molecule has 1 aromatic carbocycles. The van der Waals surface area contributed by atoms with E-state index in [2.05, 4.69) is 10.1 Å². The number of likely N-dealkylation sites (tertiary alicyclic amines) is 1. The van der Waals surface area contributed by atoms with E-state index in [4.69, 9.17) is 4.74 Å². The average molecular weight is 362 g/mol. The number of rotatable bonds is 5. The Bertz CT molecular complexity index is 880. The van der Waals surface area contributed by atoms with Gasteiger partial charge in [0.05, 0.1) is 24.0 Å². The average Bonchev–Trinajstić information content (AvgIpc) is 3.27. The maximum absolute atomic E-state index is 13.2. The quantitative estimate of drug-likeness (QED) is 0.700. The van der Waals surface area contributed by atoms with Crippen LogP contribution in [0.2, 0.25) is 0 Å². The van der Waals surface area contributed by atoms with Gasteiger partial charge in [0.2, 0.25) is 0 Å². The normalized spacial score (nSPS) is 17.0. The fourth-order valence-electron chi connectivity index (χ4n) is 3.39. The number of hydrogen-bond donors (Lipinski definition) is 0. The van der Waals surface area contributed by atoms with E-state index in [0.29, 0.717) is 18.7 Å². The van der Waals surface area contributed by atoms with Gasteiger partial charge in [0.15, 0.2) is 0 Å². The van der Waals surface area contributed by atoms with E-state index in [1.807, 2.05) is 59.8 Å². The summed E-state index contributed by atoms with van der Waals surface area (Å²) in [6.07, 6.45) is 9.07. The van der Waals surface area contributed by atoms with Gasteiger partial charge in [-0.1, -0.05) is 18.2 Å². The smallest absolute Gasteiger partial charge is 0.256 e. The molecule has 1 unspecified atom stereocenters. The van der Waals surface area contributed by atoms with Crippen molar-refractivity contribution in [3.8, 4) is 5.69 Å². The molecule has 0 radical (unpaired) electrons. The van der Waals surface area contributed by atoms with E-state index < -0.39 is 0 Å². The predicted molar refractivity (Wildman–Crippen MR) is 102 cm³/mol. The summed E-state index contributed by atoms with van der Waals surface area (Å²) in [5.41, 5.74) is 2.50. The zero-order valence-corrected chi connectivity index (χ0v) is 15.1. The van der Waals surface area contributed by atoms with Gasteiger partial charge in [-0.25, -0.2) is 4.68 Å². The largest absolute Gasteiger partial charge is 0.372 e. The van der Waals surface area contributed by atoms with Gasteiger partial charge in [-0.05, 0) is 42.7 Å². The number of ether oxygens (including phenoxy) is 1. The Morgan fingerprint density at radius 2 is 2.07 bits per heavy atom. The molecular weight excluding hydrogens is 340 g/mol. The summed E-state index contributed by atoms with van der Waals surface area (Å²) >= 11 is 0. The van der Waals surface area contributed by atoms with Crippen LogP contribution in [0.15, 0.2) is 67.3 Å². The topological polar surface area (TPSA) is 60.2 Å². The molecule has 0 N–H and O–H groups in total. The van der Waals surface area contributed by atoms with Crippen LogP contribution in [0.3, 0.4) is 0 Å². The molecule has 1 amide bonds. The van der Waals surface area contributed by atoms with Crippen LogP contribution in [0.1, 0.15) is 28.8 Å². The van der Waals surface area contributed by atoms with Crippen molar-refractivity contribution >= 4 is 5.91 Å². The molecule has 4 rings (SSSR count). The van der Waals surface area contributed by atoms with Gasteiger partial charge >= 0.3 is 0 Å². The predicted octanol–water partition coefficient (Wildman–Crippen LogP) is 3.09. The number of nitrogens with zero attached hydrogens (tertiary/aromatic N) is 4. The van der Waals surface area contributed by atoms with E-state index in [-0.39, 0.29) is 12.0 Å². The lowest BCUT2D eigenvalue weighted by Crippen LogP contribution is -2.43. The minimum atomic E-state index is 0.0239. The van der Waals surface area contributed by atoms with Crippen LogP contribution in [0.25, 0.3) is 5.69 Å². The van der Waals surface area contributed by atoms with Crippen molar-refractivity contribution in [2.45, 2.75) is 25.6 Å². The number of carbonyl (C=O) groups excluding carboxylic acids is 1. The van der Waals surface area contributed by atoms with Crippen molar-refractivity contribution in [3.63, 3.8) is 0 Å². The second kappa shape index (κ2) is 8.14. The number of piperidine rings is 1. The van der Waals surface area contributed by atoms with Crippen molar-refractivity contribution in [1.82, 2.24) is 19.7 Å². The van der Waals surface area contributed by atoms with Gasteiger partial charge in [-0.15, -0.1) is 0 Å². The molecule has 1 aliphatic rings. The van der Waals surface area contributed by atoms with E-state index in [1.165, 1.54) is 0 Å². The summed E-state index contributed by atoms with van der Waals surface area (Å²) in [7, 11) is 0. The van der Waals surface area contributed by atoms with Gasteiger partial charge in [0.1, 0.15) is 0 Å². The number of para-hydroxylation sites is 1. The van der Waals surface area contributed by atoms with E-state index in [9.17, 15) is 4.79 Å². The van der Waals surface area contributed by atoms with Crippen LogP contribution in [-0.2, 0) is 11.3 Å². The lowest BCUT2D eigenvalue weighted by molar-refractivity contribution is -0.00681. The summed E-state index contributed by atoms with van der Waals surface area (Å²) < 4.78 is 7.77. The highest BCUT2D eigenvalue weighted by molar-refractivity contribution is 5.97. The molecule has 0 aliphatic carbocycles. The number of benzene rings is 1. The number of carbonyl (C=O) groups is 1. The van der Waals surface area contributed by atoms with Crippen molar-refractivity contribution in [2.75, 3.05) is 13.1 Å². The highest BCUT2D eigenvalue weighted by Crippen LogP contribution is 2.20. The number of hydrogen-bond acceptors (Lipinski definition) is 4. The summed E-state index contributed by atoms with van der Waals surface area (Å²) in [5.74, 6) is 0.0239. The molecule has 138 valence electrons. The van der Waals surface area contributed by atoms with Gasteiger partial charge in [0, 0.05) is 37.9 Å². The first-order chi connectivity index (χ1) is 13.3. The summed E-state index contributed by atoms with van der Waals surface area (Å²) in [4.78, 5) is 19.2. The van der Waals surface area contributed by atoms with E-state index >= 15 is 0 Å². The van der Waals surface area contributed by atoms with Gasteiger partial charge in [0.25, 0.3) is 5.91 Å². The summed E-state index contributed by atoms with van der Waals surface area (Å²) in [6.45, 7) is 1.87. The Labute approximate surface area is 158 Å². The Balaban J connectivity index is 1.45. The van der Waals surface area contributed by atoms with Crippen LogP contribution in [0, 0.1) is 0 Å². The minimum absolute atomic E-state index is 0.0239. The fourth-order valence-corrected chi connectivity index (χ4v) is 3.39. The highest BCUT2D eigenvalue weighted by atomic mass is 16.5. The van der Waals surface area contributed by atoms with Crippen molar-refractivity contribution in [1.29, 1.82) is 0 Å². The number of amides is 1. The first-order valence-electron chi connectivity index (χ1n) is 9.20. The van der Waals surface area contributed by atoms with E-state index in [1.54, 1.807) is 17.1 Å². The molecule has 2 aromatic heterocycles. The lowest BCUT2D eigenvalue weighted by atomic mass is 10.1. The molecule has 6 heteroatoms. The summed E-state index contributed by atoms with van der Waals surface area (Å²) in [6, 6.07) is 13.3. The van der Waals surface area contributed by atoms with Crippen molar-refractivity contribution in [2.24, 2.45) is 0 Å². The van der Waals surface area contributed by atoms with Crippen molar-refractivity contribution < 1.29 is 9.53 Å². The van der Waals surface area contributed by atoms with E-state index in [0.717, 1.165) is 30.6 Å². The highest BCUT2D eigenvalue weighted by Gasteiger charge is 2.26. The van der Waals surface area contributed by atoms with Gasteiger partial charge in [-0.2, -0.15) is 5.10 Å². The summed E-state index contributed by atoms with van der Waals surface area (Å²) in [5, 5.41) is 4.27. The van der Waals surface area contributed by atoms with Crippen LogP contribution < -0.4 is 0 Å². The van der Waals surface area contributed by atoms with Gasteiger partial charge in [-0.3, -0.25) is 9.78 Å². The zero-order valence-electron chi connectivity index (χ0n) is 15.1. The number of pyridine rings is 1. The molecule has 6 nitrogen and oxygen atoms in total. The monoisotopic (exact) mass is 362 g/mol. The first kappa shape index (κ1) is 17.4. The Morgan fingerprint density at radius 3 is 2.89 bits per heavy atom. The minimum Gasteiger partial charge on any atom is -0.372 e. The third-order valence-corrected chi connectivity index (χ3v) is 4.76. The zero-order chi connectivity index (χ0) is 18.5. The SMILES string of the molecule is O=C(c1ccccc1-n1cccn1)N1CCCC(OCc2cccnc2)C1. The molecule has 3 heterocycles. The van der Waals surface area contributed by atoms with Crippen LogP contribution in [0.5, 0.6) is 0 Å². The lowest BCUT2D eigenvalue weighted by Gasteiger charge is -2.33. The second-order valence-corrected chi connectivity index (χ2v) is 6.66. The van der Waals surface area contributed by atoms with Crippen LogP contribution in [-0.4, -0.2) is 44.8 Å². The van der Waals surface area contributed by atoms with Crippen LogP contribution >= 0.6 is 0 Å². The molecule has 27 heavy (non-hydrogen) atoms. The Kier molecular flexibility index (Phi) is 5.25. The van der Waals surface area contributed by atoms with Gasteiger partial charge < -0.3 is 9.64 Å². The molecule has 0 saturated carbocycles. The van der Waals surface area contributed by atoms with Crippen LogP contribution in [0.4, 0.5) is 0 Å². The second-order valence-electron chi connectivity index (χ2n) is 6.66. The molecule has 0 spiro atoms. The molecule has 1 fully saturated rings. The fraction of sp³-hybridized carbons (Fsp3) is 0.286. The molecule has 3 aromatic rings. The standard InChI is InChI=1S/C21H22N4O2/c26-21(19-8-1-2-9-20(19)25-13-5-11-23-25)24-12-4-7-18(15-24)27-16-17-6-3-10-22-14-17/h1-3,5-6,8-11,13-14,18H,4,7,12,15-16H2. The molecule has 0 bridgehead atoms. The molecular formula is C21H22N4O2.